The number of para-hydroxylation sites is 1. The van der Waals surface area contributed by atoms with Gasteiger partial charge in [-0.15, -0.1) is 0 Å². The molecule has 3 heterocycles. The van der Waals surface area contributed by atoms with Crippen molar-refractivity contribution >= 4 is 5.52 Å². The zero-order valence-corrected chi connectivity index (χ0v) is 16.2. The van der Waals surface area contributed by atoms with E-state index < -0.39 is 0 Å². The van der Waals surface area contributed by atoms with E-state index in [0.717, 1.165) is 60.5 Å². The van der Waals surface area contributed by atoms with E-state index in [4.69, 9.17) is 9.47 Å². The molecule has 1 aliphatic rings. The first-order valence-corrected chi connectivity index (χ1v) is 9.73. The summed E-state index contributed by atoms with van der Waals surface area (Å²) < 4.78 is 13.5. The maximum atomic E-state index is 9.75. The average molecular weight is 375 g/mol. The quantitative estimate of drug-likeness (QED) is 0.626. The number of nitrogens with zero attached hydrogens (tertiary/aromatic N) is 3. The summed E-state index contributed by atoms with van der Waals surface area (Å²) in [5.74, 6) is 0.891. The Morgan fingerprint density at radius 1 is 1.18 bits per heavy atom. The summed E-state index contributed by atoms with van der Waals surface area (Å²) in [5.41, 5.74) is 3.89. The highest BCUT2D eigenvalue weighted by Gasteiger charge is 2.22. The number of pyridine rings is 1. The van der Waals surface area contributed by atoms with E-state index in [2.05, 4.69) is 23.2 Å². The first kappa shape index (κ1) is 18.5. The normalized spacial score (nSPS) is 16.5. The molecule has 1 aromatic carbocycles. The minimum Gasteiger partial charge on any atom is -0.496 e. The minimum absolute atomic E-state index is 0.247. The van der Waals surface area contributed by atoms with Crippen molar-refractivity contribution in [2.24, 2.45) is 0 Å². The van der Waals surface area contributed by atoms with Crippen LogP contribution in [0.4, 0.5) is 0 Å². The maximum absolute atomic E-state index is 9.75. The summed E-state index contributed by atoms with van der Waals surface area (Å²) in [5, 5.41) is 9.75. The van der Waals surface area contributed by atoms with Crippen LogP contribution in [0.5, 0.6) is 5.75 Å². The van der Waals surface area contributed by atoms with Crippen molar-refractivity contribution in [1.29, 1.82) is 5.26 Å². The highest BCUT2D eigenvalue weighted by Crippen LogP contribution is 2.25. The first-order chi connectivity index (χ1) is 13.8. The minimum atomic E-state index is 0.247. The lowest BCUT2D eigenvalue weighted by molar-refractivity contribution is 0.0676. The molecule has 1 aliphatic heterocycles. The monoisotopic (exact) mass is 375 g/mol. The Morgan fingerprint density at radius 3 is 2.79 bits per heavy atom. The summed E-state index contributed by atoms with van der Waals surface area (Å²) in [6.07, 6.45) is 6.51. The van der Waals surface area contributed by atoms with Crippen LogP contribution in [-0.4, -0.2) is 35.7 Å². The Morgan fingerprint density at radius 2 is 2.00 bits per heavy atom. The molecule has 4 rings (SSSR count). The molecule has 1 atom stereocenters. The Hall–Kier alpha value is -2.81. The fourth-order valence-corrected chi connectivity index (χ4v) is 4.00. The summed E-state index contributed by atoms with van der Waals surface area (Å²) in [6.45, 7) is 3.13. The second-order valence-corrected chi connectivity index (χ2v) is 7.25. The van der Waals surface area contributed by atoms with Gasteiger partial charge in [0.2, 0.25) is 0 Å². The van der Waals surface area contributed by atoms with Crippen LogP contribution >= 0.6 is 0 Å². The lowest BCUT2D eigenvalue weighted by Gasteiger charge is -2.26. The van der Waals surface area contributed by atoms with E-state index in [0.29, 0.717) is 6.54 Å². The fraction of sp³-hybridized carbons (Fsp3) is 0.348. The molecule has 144 valence electrons. The van der Waals surface area contributed by atoms with Crippen LogP contribution < -0.4 is 4.74 Å². The van der Waals surface area contributed by atoms with Crippen LogP contribution in [0.25, 0.3) is 5.52 Å². The van der Waals surface area contributed by atoms with Crippen molar-refractivity contribution in [2.75, 3.05) is 20.3 Å². The van der Waals surface area contributed by atoms with Crippen LogP contribution in [0.1, 0.15) is 29.5 Å². The summed E-state index contributed by atoms with van der Waals surface area (Å²) >= 11 is 0. The van der Waals surface area contributed by atoms with Crippen LogP contribution in [-0.2, 0) is 17.8 Å². The summed E-state index contributed by atoms with van der Waals surface area (Å²) in [6, 6.07) is 16.5. The molecule has 2 aromatic heterocycles. The van der Waals surface area contributed by atoms with Crippen molar-refractivity contribution in [3.8, 4) is 11.8 Å². The number of aromatic nitrogens is 1. The largest absolute Gasteiger partial charge is 0.496 e. The number of methoxy groups -OCH3 is 1. The van der Waals surface area contributed by atoms with Gasteiger partial charge in [-0.25, -0.2) is 0 Å². The van der Waals surface area contributed by atoms with Gasteiger partial charge in [-0.1, -0.05) is 24.3 Å². The number of nitriles is 1. The lowest BCUT2D eigenvalue weighted by atomic mass is 10.1. The van der Waals surface area contributed by atoms with Gasteiger partial charge in [-0.3, -0.25) is 4.90 Å². The standard InChI is InChI=1S/C23H25N3O2/c1-27-23-10-3-2-7-18(23)14-25(17-20-8-6-12-28-20)15-19-16-26-11-5-4-9-22(26)21(19)13-24/h2-5,7,9-11,16,20H,6,8,12,14-15,17H2,1H3/t20-/m1/s1. The molecule has 0 amide bonds. The smallest absolute Gasteiger partial charge is 0.123 e. The second kappa shape index (κ2) is 8.47. The van der Waals surface area contributed by atoms with Gasteiger partial charge < -0.3 is 13.9 Å². The van der Waals surface area contributed by atoms with Gasteiger partial charge >= 0.3 is 0 Å². The maximum Gasteiger partial charge on any atom is 0.123 e. The molecule has 0 aliphatic carbocycles. The summed E-state index contributed by atoms with van der Waals surface area (Å²) in [7, 11) is 1.71. The van der Waals surface area contributed by atoms with Crippen molar-refractivity contribution in [2.45, 2.75) is 32.0 Å². The Labute approximate surface area is 165 Å². The SMILES string of the molecule is COc1ccccc1CN(Cc1cn2ccccc2c1C#N)C[C@H]1CCCO1. The van der Waals surface area contributed by atoms with Crippen molar-refractivity contribution < 1.29 is 9.47 Å². The summed E-state index contributed by atoms with van der Waals surface area (Å²) in [4.78, 5) is 2.36. The number of ether oxygens (including phenoxy) is 2. The number of hydrogen-bond acceptors (Lipinski definition) is 4. The average Bonchev–Trinajstić information content (AvgIpc) is 3.35. The van der Waals surface area contributed by atoms with Gasteiger partial charge in [0.15, 0.2) is 0 Å². The van der Waals surface area contributed by atoms with Crippen LogP contribution in [0.2, 0.25) is 0 Å². The van der Waals surface area contributed by atoms with Gasteiger partial charge in [-0.05, 0) is 31.0 Å². The van der Waals surface area contributed by atoms with Crippen molar-refractivity contribution in [1.82, 2.24) is 9.30 Å². The highest BCUT2D eigenvalue weighted by atomic mass is 16.5. The van der Waals surface area contributed by atoms with Crippen LogP contribution in [0, 0.1) is 11.3 Å². The first-order valence-electron chi connectivity index (χ1n) is 9.73. The predicted octanol–water partition coefficient (Wildman–Crippen LogP) is 4.00. The van der Waals surface area contributed by atoms with Crippen molar-refractivity contribution in [3.05, 3.63) is 71.5 Å². The Kier molecular flexibility index (Phi) is 5.61. The van der Waals surface area contributed by atoms with Gasteiger partial charge in [0.1, 0.15) is 11.8 Å². The van der Waals surface area contributed by atoms with Crippen molar-refractivity contribution in [3.63, 3.8) is 0 Å². The van der Waals surface area contributed by atoms with E-state index in [1.54, 1.807) is 7.11 Å². The van der Waals surface area contributed by atoms with E-state index >= 15 is 0 Å². The third-order valence-electron chi connectivity index (χ3n) is 5.34. The molecule has 28 heavy (non-hydrogen) atoms. The van der Waals surface area contributed by atoms with Gasteiger partial charge in [0.25, 0.3) is 0 Å². The zero-order valence-electron chi connectivity index (χ0n) is 16.2. The number of benzene rings is 1. The number of rotatable bonds is 7. The molecular weight excluding hydrogens is 350 g/mol. The molecule has 0 unspecified atom stereocenters. The Bertz CT molecular complexity index is 983. The van der Waals surface area contributed by atoms with E-state index in [1.165, 1.54) is 0 Å². The molecule has 5 nitrogen and oxygen atoms in total. The molecular formula is C23H25N3O2. The molecule has 5 heteroatoms. The zero-order chi connectivity index (χ0) is 19.3. The molecule has 1 saturated heterocycles. The second-order valence-electron chi connectivity index (χ2n) is 7.25. The molecule has 0 saturated carbocycles. The molecule has 1 fully saturated rings. The molecule has 0 radical (unpaired) electrons. The number of hydrogen-bond donors (Lipinski definition) is 0. The van der Waals surface area contributed by atoms with E-state index in [-0.39, 0.29) is 6.10 Å². The number of fused-ring (bicyclic) bond motifs is 1. The molecule has 3 aromatic rings. The molecule has 0 spiro atoms. The fourth-order valence-electron chi connectivity index (χ4n) is 4.00. The lowest BCUT2D eigenvalue weighted by Crippen LogP contribution is -2.31. The highest BCUT2D eigenvalue weighted by molar-refractivity contribution is 5.65. The Balaban J connectivity index is 1.63. The van der Waals surface area contributed by atoms with Gasteiger partial charge in [0.05, 0.1) is 24.3 Å². The third kappa shape index (κ3) is 3.89. The van der Waals surface area contributed by atoms with Crippen LogP contribution in [0.15, 0.2) is 54.9 Å². The van der Waals surface area contributed by atoms with Gasteiger partial charge in [0, 0.05) is 49.8 Å². The molecule has 0 N–H and O–H groups in total. The third-order valence-corrected chi connectivity index (χ3v) is 5.34. The van der Waals surface area contributed by atoms with E-state index in [1.807, 2.05) is 47.0 Å². The van der Waals surface area contributed by atoms with Gasteiger partial charge in [-0.2, -0.15) is 5.26 Å². The molecule has 0 bridgehead atoms. The van der Waals surface area contributed by atoms with Crippen LogP contribution in [0.3, 0.4) is 0 Å². The topological polar surface area (TPSA) is 49.9 Å². The van der Waals surface area contributed by atoms with E-state index in [9.17, 15) is 5.26 Å². The predicted molar refractivity (Wildman–Crippen MR) is 108 cm³/mol.